The third kappa shape index (κ3) is 4.62. The number of benzene rings is 2. The van der Waals surface area contributed by atoms with Crippen LogP contribution in [-0.4, -0.2) is 63.6 Å². The number of piperazine rings is 1. The molecule has 2 aromatic carbocycles. The lowest BCUT2D eigenvalue weighted by atomic mass is 10.0. The van der Waals surface area contributed by atoms with E-state index in [1.165, 1.54) is 0 Å². The molecule has 138 valence electrons. The SMILES string of the molecule is CN1CCN(C(=O)c2ccc(-c3ccc(NS(C)(=O)=O)cc3)cc2)CC1. The number of hydrogen-bond acceptors (Lipinski definition) is 4. The normalized spacial score (nSPS) is 15.7. The van der Waals surface area contributed by atoms with Gasteiger partial charge in [0.15, 0.2) is 0 Å². The highest BCUT2D eigenvalue weighted by Gasteiger charge is 2.20. The van der Waals surface area contributed by atoms with Gasteiger partial charge in [0, 0.05) is 37.4 Å². The second-order valence-electron chi connectivity index (χ2n) is 6.62. The molecule has 0 saturated carbocycles. The van der Waals surface area contributed by atoms with Gasteiger partial charge in [0.25, 0.3) is 5.91 Å². The molecule has 1 N–H and O–H groups in total. The summed E-state index contributed by atoms with van der Waals surface area (Å²) in [6.45, 7) is 3.31. The maximum atomic E-state index is 12.6. The lowest BCUT2D eigenvalue weighted by molar-refractivity contribution is 0.0664. The summed E-state index contributed by atoms with van der Waals surface area (Å²) in [6, 6.07) is 14.7. The van der Waals surface area contributed by atoms with Gasteiger partial charge in [0.1, 0.15) is 0 Å². The molecule has 0 radical (unpaired) electrons. The number of nitrogens with zero attached hydrogens (tertiary/aromatic N) is 2. The number of amides is 1. The van der Waals surface area contributed by atoms with Crippen molar-refractivity contribution in [3.8, 4) is 11.1 Å². The van der Waals surface area contributed by atoms with Crippen LogP contribution < -0.4 is 4.72 Å². The maximum absolute atomic E-state index is 12.6. The summed E-state index contributed by atoms with van der Waals surface area (Å²) >= 11 is 0. The first-order valence-corrected chi connectivity index (χ1v) is 10.4. The highest BCUT2D eigenvalue weighted by Crippen LogP contribution is 2.23. The molecule has 1 fully saturated rings. The van der Waals surface area contributed by atoms with Crippen molar-refractivity contribution in [3.05, 3.63) is 54.1 Å². The van der Waals surface area contributed by atoms with Crippen LogP contribution in [0.4, 0.5) is 5.69 Å². The zero-order valence-corrected chi connectivity index (χ0v) is 15.8. The molecule has 0 unspecified atom stereocenters. The van der Waals surface area contributed by atoms with Crippen LogP contribution in [0.25, 0.3) is 11.1 Å². The Labute approximate surface area is 154 Å². The molecule has 7 heteroatoms. The Bertz CT molecular complexity index is 869. The molecule has 0 spiro atoms. The van der Waals surface area contributed by atoms with Crippen molar-refractivity contribution in [2.24, 2.45) is 0 Å². The smallest absolute Gasteiger partial charge is 0.253 e. The minimum atomic E-state index is -3.28. The maximum Gasteiger partial charge on any atom is 0.253 e. The van der Waals surface area contributed by atoms with Crippen LogP contribution in [0.1, 0.15) is 10.4 Å². The molecule has 0 aliphatic carbocycles. The van der Waals surface area contributed by atoms with Gasteiger partial charge < -0.3 is 9.80 Å². The molecular weight excluding hydrogens is 350 g/mol. The van der Waals surface area contributed by atoms with Crippen LogP contribution in [-0.2, 0) is 10.0 Å². The highest BCUT2D eigenvalue weighted by atomic mass is 32.2. The Balaban J connectivity index is 1.70. The number of likely N-dealkylation sites (N-methyl/N-ethyl adjacent to an activating group) is 1. The first-order valence-electron chi connectivity index (χ1n) is 8.48. The first kappa shape index (κ1) is 18.4. The molecular formula is C19H23N3O3S. The molecule has 26 heavy (non-hydrogen) atoms. The Hall–Kier alpha value is -2.38. The number of hydrogen-bond donors (Lipinski definition) is 1. The third-order valence-electron chi connectivity index (χ3n) is 4.44. The minimum Gasteiger partial charge on any atom is -0.336 e. The molecule has 0 atom stereocenters. The van der Waals surface area contributed by atoms with Crippen molar-refractivity contribution in [2.45, 2.75) is 0 Å². The van der Waals surface area contributed by atoms with Gasteiger partial charge in [0.05, 0.1) is 6.26 Å². The van der Waals surface area contributed by atoms with Gasteiger partial charge in [0.2, 0.25) is 10.0 Å². The predicted molar refractivity (Wildman–Crippen MR) is 104 cm³/mol. The van der Waals surface area contributed by atoms with Gasteiger partial charge in [-0.05, 0) is 42.4 Å². The summed E-state index contributed by atoms with van der Waals surface area (Å²) < 4.78 is 25.0. The van der Waals surface area contributed by atoms with Gasteiger partial charge in [-0.2, -0.15) is 0 Å². The fourth-order valence-corrected chi connectivity index (χ4v) is 3.51. The van der Waals surface area contributed by atoms with E-state index in [1.54, 1.807) is 12.1 Å². The number of sulfonamides is 1. The molecule has 2 aromatic rings. The number of carbonyl (C=O) groups is 1. The fourth-order valence-electron chi connectivity index (χ4n) is 2.94. The Morgan fingerprint density at radius 2 is 1.38 bits per heavy atom. The van der Waals surface area contributed by atoms with Gasteiger partial charge >= 0.3 is 0 Å². The average Bonchev–Trinajstić information content (AvgIpc) is 2.61. The summed E-state index contributed by atoms with van der Waals surface area (Å²) in [5, 5.41) is 0. The lowest BCUT2D eigenvalue weighted by Gasteiger charge is -2.32. The number of nitrogens with one attached hydrogen (secondary N) is 1. The van der Waals surface area contributed by atoms with E-state index in [0.29, 0.717) is 11.3 Å². The predicted octanol–water partition coefficient (Wildman–Crippen LogP) is 2.11. The van der Waals surface area contributed by atoms with Crippen LogP contribution in [0.5, 0.6) is 0 Å². The Kier molecular flexibility index (Phi) is 5.29. The van der Waals surface area contributed by atoms with Gasteiger partial charge in [-0.3, -0.25) is 9.52 Å². The number of carbonyl (C=O) groups excluding carboxylic acids is 1. The van der Waals surface area contributed by atoms with Gasteiger partial charge in [-0.15, -0.1) is 0 Å². The van der Waals surface area contributed by atoms with Crippen LogP contribution in [0.2, 0.25) is 0 Å². The lowest BCUT2D eigenvalue weighted by Crippen LogP contribution is -2.47. The van der Waals surface area contributed by atoms with E-state index in [2.05, 4.69) is 16.7 Å². The quantitative estimate of drug-likeness (QED) is 0.891. The summed E-state index contributed by atoms with van der Waals surface area (Å²) in [4.78, 5) is 16.7. The van der Waals surface area contributed by atoms with Crippen molar-refractivity contribution < 1.29 is 13.2 Å². The van der Waals surface area contributed by atoms with Crippen molar-refractivity contribution in [3.63, 3.8) is 0 Å². The number of anilines is 1. The van der Waals surface area contributed by atoms with Gasteiger partial charge in [-0.1, -0.05) is 24.3 Å². The minimum absolute atomic E-state index is 0.0670. The van der Waals surface area contributed by atoms with Crippen molar-refractivity contribution >= 4 is 21.6 Å². The van der Waals surface area contributed by atoms with Crippen molar-refractivity contribution in [1.82, 2.24) is 9.80 Å². The summed E-state index contributed by atoms with van der Waals surface area (Å²) in [5.74, 6) is 0.0670. The fraction of sp³-hybridized carbons (Fsp3) is 0.316. The number of rotatable bonds is 4. The van der Waals surface area contributed by atoms with Gasteiger partial charge in [-0.25, -0.2) is 8.42 Å². The first-order chi connectivity index (χ1) is 12.3. The molecule has 0 aromatic heterocycles. The Morgan fingerprint density at radius 3 is 1.88 bits per heavy atom. The van der Waals surface area contributed by atoms with Crippen LogP contribution >= 0.6 is 0 Å². The second kappa shape index (κ2) is 7.47. The van der Waals surface area contributed by atoms with Crippen molar-refractivity contribution in [1.29, 1.82) is 0 Å². The zero-order chi connectivity index (χ0) is 18.7. The van der Waals surface area contributed by atoms with Crippen LogP contribution in [0, 0.1) is 0 Å². The molecule has 0 bridgehead atoms. The highest BCUT2D eigenvalue weighted by molar-refractivity contribution is 7.92. The third-order valence-corrected chi connectivity index (χ3v) is 5.05. The molecule has 1 aliphatic heterocycles. The summed E-state index contributed by atoms with van der Waals surface area (Å²) in [6.07, 6.45) is 1.12. The van der Waals surface area contributed by atoms with E-state index in [0.717, 1.165) is 43.6 Å². The topological polar surface area (TPSA) is 69.7 Å². The summed E-state index contributed by atoms with van der Waals surface area (Å²) in [5.41, 5.74) is 3.15. The Morgan fingerprint density at radius 1 is 0.885 bits per heavy atom. The molecule has 1 heterocycles. The summed E-state index contributed by atoms with van der Waals surface area (Å²) in [7, 11) is -1.22. The molecule has 1 aliphatic rings. The van der Waals surface area contributed by atoms with Crippen LogP contribution in [0.3, 0.4) is 0 Å². The van der Waals surface area contributed by atoms with E-state index < -0.39 is 10.0 Å². The van der Waals surface area contributed by atoms with E-state index in [-0.39, 0.29) is 5.91 Å². The van der Waals surface area contributed by atoms with Crippen LogP contribution in [0.15, 0.2) is 48.5 Å². The second-order valence-corrected chi connectivity index (χ2v) is 8.37. The van der Waals surface area contributed by atoms with E-state index in [9.17, 15) is 13.2 Å². The van der Waals surface area contributed by atoms with E-state index in [1.807, 2.05) is 41.3 Å². The molecule has 3 rings (SSSR count). The monoisotopic (exact) mass is 373 g/mol. The standard InChI is InChI=1S/C19H23N3O3S/c1-21-11-13-22(14-12-21)19(23)17-5-3-15(4-6-17)16-7-9-18(10-8-16)20-26(2,24)25/h3-10,20H,11-14H2,1-2H3. The largest absolute Gasteiger partial charge is 0.336 e. The van der Waals surface area contributed by atoms with E-state index in [4.69, 9.17) is 0 Å². The molecule has 1 amide bonds. The zero-order valence-electron chi connectivity index (χ0n) is 15.0. The molecule has 6 nitrogen and oxygen atoms in total. The average molecular weight is 373 g/mol. The molecule has 1 saturated heterocycles. The van der Waals surface area contributed by atoms with E-state index >= 15 is 0 Å². The van der Waals surface area contributed by atoms with Crippen molar-refractivity contribution in [2.75, 3.05) is 44.2 Å².